The van der Waals surface area contributed by atoms with Crippen molar-refractivity contribution in [2.75, 3.05) is 18.1 Å². The first kappa shape index (κ1) is 12.5. The molecule has 2 fully saturated rings. The number of hydrogen-bond acceptors (Lipinski definition) is 4. The summed E-state index contributed by atoms with van der Waals surface area (Å²) in [5.41, 5.74) is 1.49. The Balaban J connectivity index is 1.54. The van der Waals surface area contributed by atoms with Crippen molar-refractivity contribution in [1.82, 2.24) is 10.3 Å². The van der Waals surface area contributed by atoms with Crippen LogP contribution in [0.25, 0.3) is 0 Å². The molecule has 4 heteroatoms. The number of aromatic nitrogens is 1. The topological polar surface area (TPSA) is 34.1 Å². The first-order valence-electron chi connectivity index (χ1n) is 6.70. The number of nitrogens with zero attached hydrogens (tertiary/aromatic N) is 1. The first-order valence-corrected chi connectivity index (χ1v) is 7.86. The van der Waals surface area contributed by atoms with E-state index in [1.54, 1.807) is 0 Å². The standard InChI is InChI=1S/C14H20N2OS/c1-5-15-6-2-12(1)10-16-13-3-7-17-14(9-13)4-8-18-11-14/h1-2,5-6,13,16H,3-4,7-11H2. The molecule has 2 saturated heterocycles. The third-order valence-corrected chi connectivity index (χ3v) is 5.13. The molecule has 1 spiro atoms. The van der Waals surface area contributed by atoms with Gasteiger partial charge in [-0.2, -0.15) is 11.8 Å². The predicted molar refractivity (Wildman–Crippen MR) is 74.7 cm³/mol. The smallest absolute Gasteiger partial charge is 0.0795 e. The molecular formula is C14H20N2OS. The maximum Gasteiger partial charge on any atom is 0.0795 e. The maximum atomic E-state index is 6.04. The van der Waals surface area contributed by atoms with Crippen molar-refractivity contribution in [1.29, 1.82) is 0 Å². The summed E-state index contributed by atoms with van der Waals surface area (Å²) in [4.78, 5) is 4.05. The second-order valence-corrected chi connectivity index (χ2v) is 6.37. The summed E-state index contributed by atoms with van der Waals surface area (Å²) in [5, 5.41) is 3.67. The fraction of sp³-hybridized carbons (Fsp3) is 0.643. The molecule has 0 radical (unpaired) electrons. The summed E-state index contributed by atoms with van der Waals surface area (Å²) in [5.74, 6) is 2.44. The predicted octanol–water partition coefficient (Wildman–Crippen LogP) is 2.23. The Morgan fingerprint density at radius 2 is 2.33 bits per heavy atom. The molecular weight excluding hydrogens is 244 g/mol. The van der Waals surface area contributed by atoms with Crippen molar-refractivity contribution >= 4 is 11.8 Å². The second kappa shape index (κ2) is 5.59. The van der Waals surface area contributed by atoms with Crippen LogP contribution >= 0.6 is 11.8 Å². The summed E-state index contributed by atoms with van der Waals surface area (Å²) < 4.78 is 6.04. The Bertz CT molecular complexity index is 379. The van der Waals surface area contributed by atoms with Gasteiger partial charge in [0.15, 0.2) is 0 Å². The van der Waals surface area contributed by atoms with E-state index < -0.39 is 0 Å². The lowest BCUT2D eigenvalue weighted by molar-refractivity contribution is -0.0703. The third-order valence-electron chi connectivity index (χ3n) is 3.90. The summed E-state index contributed by atoms with van der Waals surface area (Å²) in [6.45, 7) is 1.85. The van der Waals surface area contributed by atoms with E-state index in [9.17, 15) is 0 Å². The molecule has 1 aromatic heterocycles. The zero-order chi connectivity index (χ0) is 12.3. The Kier molecular flexibility index (Phi) is 3.87. The summed E-state index contributed by atoms with van der Waals surface area (Å²) >= 11 is 2.03. The van der Waals surface area contributed by atoms with E-state index >= 15 is 0 Å². The molecule has 98 valence electrons. The molecule has 2 aliphatic heterocycles. The van der Waals surface area contributed by atoms with Crippen LogP contribution in [0, 0.1) is 0 Å². The van der Waals surface area contributed by atoms with Gasteiger partial charge in [-0.15, -0.1) is 0 Å². The highest BCUT2D eigenvalue weighted by Crippen LogP contribution is 2.38. The van der Waals surface area contributed by atoms with Crippen molar-refractivity contribution in [3.8, 4) is 0 Å². The molecule has 0 amide bonds. The number of nitrogens with one attached hydrogen (secondary N) is 1. The summed E-state index contributed by atoms with van der Waals surface area (Å²) in [6.07, 6.45) is 7.25. The minimum Gasteiger partial charge on any atom is -0.374 e. The normalized spacial score (nSPS) is 31.9. The largest absolute Gasteiger partial charge is 0.374 e. The van der Waals surface area contributed by atoms with Crippen LogP contribution in [0.1, 0.15) is 24.8 Å². The number of thioether (sulfide) groups is 1. The van der Waals surface area contributed by atoms with E-state index in [2.05, 4.69) is 22.4 Å². The zero-order valence-electron chi connectivity index (χ0n) is 10.6. The quantitative estimate of drug-likeness (QED) is 0.908. The van der Waals surface area contributed by atoms with Crippen molar-refractivity contribution in [2.24, 2.45) is 0 Å². The van der Waals surface area contributed by atoms with E-state index in [1.807, 2.05) is 24.2 Å². The lowest BCUT2D eigenvalue weighted by Crippen LogP contribution is -2.47. The van der Waals surface area contributed by atoms with Gasteiger partial charge in [0, 0.05) is 37.3 Å². The number of hydrogen-bond donors (Lipinski definition) is 1. The third kappa shape index (κ3) is 2.87. The molecule has 1 aromatic rings. The maximum absolute atomic E-state index is 6.04. The number of pyridine rings is 1. The lowest BCUT2D eigenvalue weighted by Gasteiger charge is -2.38. The Labute approximate surface area is 113 Å². The van der Waals surface area contributed by atoms with Crippen molar-refractivity contribution < 1.29 is 4.74 Å². The van der Waals surface area contributed by atoms with Gasteiger partial charge in [-0.1, -0.05) is 0 Å². The molecule has 3 rings (SSSR count). The van der Waals surface area contributed by atoms with Crippen LogP contribution in [0.4, 0.5) is 0 Å². The van der Waals surface area contributed by atoms with Gasteiger partial charge >= 0.3 is 0 Å². The highest BCUT2D eigenvalue weighted by atomic mass is 32.2. The Morgan fingerprint density at radius 3 is 3.11 bits per heavy atom. The molecule has 0 saturated carbocycles. The molecule has 2 atom stereocenters. The molecule has 1 N–H and O–H groups in total. The van der Waals surface area contributed by atoms with Crippen LogP contribution in [0.5, 0.6) is 0 Å². The number of rotatable bonds is 3. The van der Waals surface area contributed by atoms with E-state index in [0.717, 1.165) is 19.6 Å². The second-order valence-electron chi connectivity index (χ2n) is 5.26. The Hall–Kier alpha value is -0.580. The van der Waals surface area contributed by atoms with Gasteiger partial charge < -0.3 is 10.1 Å². The molecule has 0 aliphatic carbocycles. The van der Waals surface area contributed by atoms with Gasteiger partial charge in [-0.3, -0.25) is 4.98 Å². The van der Waals surface area contributed by atoms with Crippen molar-refractivity contribution in [3.63, 3.8) is 0 Å². The van der Waals surface area contributed by atoms with E-state index in [1.165, 1.54) is 29.9 Å². The van der Waals surface area contributed by atoms with Crippen LogP contribution in [-0.2, 0) is 11.3 Å². The fourth-order valence-electron chi connectivity index (χ4n) is 2.83. The van der Waals surface area contributed by atoms with Gasteiger partial charge in [-0.05, 0) is 42.7 Å². The van der Waals surface area contributed by atoms with Gasteiger partial charge in [0.05, 0.1) is 5.60 Å². The summed E-state index contributed by atoms with van der Waals surface area (Å²) in [7, 11) is 0. The van der Waals surface area contributed by atoms with E-state index in [0.29, 0.717) is 6.04 Å². The van der Waals surface area contributed by atoms with Gasteiger partial charge in [-0.25, -0.2) is 0 Å². The molecule has 0 aromatic carbocycles. The van der Waals surface area contributed by atoms with Gasteiger partial charge in [0.1, 0.15) is 0 Å². The average Bonchev–Trinajstić information content (AvgIpc) is 2.86. The zero-order valence-corrected chi connectivity index (χ0v) is 11.4. The number of ether oxygens (including phenoxy) is 1. The first-order chi connectivity index (χ1) is 8.86. The monoisotopic (exact) mass is 264 g/mol. The SMILES string of the molecule is c1cc(CNC2CCOC3(CCSC3)C2)ccn1. The molecule has 2 unspecified atom stereocenters. The lowest BCUT2D eigenvalue weighted by atomic mass is 9.90. The molecule has 3 heterocycles. The van der Waals surface area contributed by atoms with Crippen LogP contribution < -0.4 is 5.32 Å². The highest BCUT2D eigenvalue weighted by molar-refractivity contribution is 7.99. The molecule has 18 heavy (non-hydrogen) atoms. The van der Waals surface area contributed by atoms with Crippen molar-refractivity contribution in [2.45, 2.75) is 37.5 Å². The minimum atomic E-state index is 0.179. The fourth-order valence-corrected chi connectivity index (χ4v) is 4.21. The van der Waals surface area contributed by atoms with Crippen molar-refractivity contribution in [3.05, 3.63) is 30.1 Å². The van der Waals surface area contributed by atoms with Crippen LogP contribution in [0.2, 0.25) is 0 Å². The molecule has 3 nitrogen and oxygen atoms in total. The van der Waals surface area contributed by atoms with Crippen LogP contribution in [0.3, 0.4) is 0 Å². The summed E-state index contributed by atoms with van der Waals surface area (Å²) in [6, 6.07) is 4.76. The molecule has 0 bridgehead atoms. The van der Waals surface area contributed by atoms with E-state index in [4.69, 9.17) is 4.74 Å². The average molecular weight is 264 g/mol. The van der Waals surface area contributed by atoms with Gasteiger partial charge in [0.25, 0.3) is 0 Å². The van der Waals surface area contributed by atoms with Crippen LogP contribution in [-0.4, -0.2) is 34.7 Å². The van der Waals surface area contributed by atoms with Gasteiger partial charge in [0.2, 0.25) is 0 Å². The van der Waals surface area contributed by atoms with Crippen LogP contribution in [0.15, 0.2) is 24.5 Å². The van der Waals surface area contributed by atoms with E-state index in [-0.39, 0.29) is 5.60 Å². The minimum absolute atomic E-state index is 0.179. The molecule has 2 aliphatic rings. The Morgan fingerprint density at radius 1 is 1.44 bits per heavy atom. The highest BCUT2D eigenvalue weighted by Gasteiger charge is 2.40.